The first-order valence-corrected chi connectivity index (χ1v) is 8.28. The summed E-state index contributed by atoms with van der Waals surface area (Å²) in [6, 6.07) is 11.0. The lowest BCUT2D eigenvalue weighted by Gasteiger charge is -2.06. The summed E-state index contributed by atoms with van der Waals surface area (Å²) in [4.78, 5) is 13.3. The van der Waals surface area contributed by atoms with E-state index in [9.17, 15) is 4.79 Å². The van der Waals surface area contributed by atoms with E-state index in [2.05, 4.69) is 0 Å². The van der Waals surface area contributed by atoms with E-state index in [4.69, 9.17) is 14.2 Å². The van der Waals surface area contributed by atoms with Crippen LogP contribution in [0.25, 0.3) is 6.08 Å². The number of ether oxygens (including phenoxy) is 3. The number of thioether (sulfide) groups is 1. The van der Waals surface area contributed by atoms with Gasteiger partial charge in [0.2, 0.25) is 6.79 Å². The third kappa shape index (κ3) is 3.35. The van der Waals surface area contributed by atoms with Gasteiger partial charge in [0.1, 0.15) is 5.75 Å². The molecule has 0 atom stereocenters. The second-order valence-electron chi connectivity index (χ2n) is 4.88. The second-order valence-corrected chi connectivity index (χ2v) is 5.73. The summed E-state index contributed by atoms with van der Waals surface area (Å²) < 4.78 is 15.9. The lowest BCUT2D eigenvalue weighted by molar-refractivity contribution is 0.104. The molecule has 2 aromatic carbocycles. The molecule has 0 spiro atoms. The minimum atomic E-state index is -0.0868. The molecule has 0 amide bonds. The second kappa shape index (κ2) is 6.79. The highest BCUT2D eigenvalue weighted by molar-refractivity contribution is 7.98. The smallest absolute Gasteiger partial charge is 0.231 e. The van der Waals surface area contributed by atoms with Crippen LogP contribution in [0.2, 0.25) is 0 Å². The summed E-state index contributed by atoms with van der Waals surface area (Å²) in [6.07, 6.45) is 5.32. The predicted molar refractivity (Wildman–Crippen MR) is 90.7 cm³/mol. The van der Waals surface area contributed by atoms with Crippen molar-refractivity contribution in [2.45, 2.75) is 4.90 Å². The van der Waals surface area contributed by atoms with E-state index in [1.807, 2.05) is 24.5 Å². The molecular weight excluding hydrogens is 312 g/mol. The zero-order valence-corrected chi connectivity index (χ0v) is 13.7. The Bertz CT molecular complexity index is 768. The SMILES string of the molecule is COc1cc(/C=C/C(=O)c2ccc3c(c2)OCO3)ccc1SC. The van der Waals surface area contributed by atoms with Gasteiger partial charge in [-0.05, 0) is 48.2 Å². The van der Waals surface area contributed by atoms with Crippen molar-refractivity contribution in [1.82, 2.24) is 0 Å². The highest BCUT2D eigenvalue weighted by atomic mass is 32.2. The molecule has 0 N–H and O–H groups in total. The van der Waals surface area contributed by atoms with Gasteiger partial charge in [-0.1, -0.05) is 12.1 Å². The van der Waals surface area contributed by atoms with Gasteiger partial charge < -0.3 is 14.2 Å². The molecule has 4 nitrogen and oxygen atoms in total. The summed E-state index contributed by atoms with van der Waals surface area (Å²) in [5, 5.41) is 0. The lowest BCUT2D eigenvalue weighted by atomic mass is 10.1. The molecule has 1 aliphatic heterocycles. The van der Waals surface area contributed by atoms with Gasteiger partial charge in [0.25, 0.3) is 0 Å². The van der Waals surface area contributed by atoms with E-state index in [1.165, 1.54) is 0 Å². The van der Waals surface area contributed by atoms with Crippen molar-refractivity contribution in [3.63, 3.8) is 0 Å². The van der Waals surface area contributed by atoms with Crippen molar-refractivity contribution in [3.05, 3.63) is 53.6 Å². The predicted octanol–water partition coefficient (Wildman–Crippen LogP) is 4.04. The molecule has 118 valence electrons. The maximum absolute atomic E-state index is 12.3. The van der Waals surface area contributed by atoms with Crippen molar-refractivity contribution in [1.29, 1.82) is 0 Å². The minimum Gasteiger partial charge on any atom is -0.496 e. The third-order valence-electron chi connectivity index (χ3n) is 3.49. The quantitative estimate of drug-likeness (QED) is 0.471. The van der Waals surface area contributed by atoms with E-state index >= 15 is 0 Å². The van der Waals surface area contributed by atoms with Crippen molar-refractivity contribution in [2.24, 2.45) is 0 Å². The Morgan fingerprint density at radius 3 is 2.78 bits per heavy atom. The molecule has 0 fully saturated rings. The number of carbonyl (C=O) groups excluding carboxylic acids is 1. The molecule has 0 aromatic heterocycles. The van der Waals surface area contributed by atoms with Gasteiger partial charge in [-0.3, -0.25) is 4.79 Å². The number of ketones is 1. The largest absolute Gasteiger partial charge is 0.496 e. The van der Waals surface area contributed by atoms with Gasteiger partial charge >= 0.3 is 0 Å². The standard InChI is InChI=1S/C18H16O4S/c1-20-17-9-12(4-8-18(17)23-2)3-6-14(19)13-5-7-15-16(10-13)22-11-21-15/h3-10H,11H2,1-2H3/b6-3+. The molecule has 0 unspecified atom stereocenters. The number of hydrogen-bond donors (Lipinski definition) is 0. The molecule has 2 aromatic rings. The molecule has 5 heteroatoms. The molecular formula is C18H16O4S. The van der Waals surface area contributed by atoms with Gasteiger partial charge in [-0.25, -0.2) is 0 Å². The normalized spacial score (nSPS) is 12.6. The van der Waals surface area contributed by atoms with Crippen LogP contribution in [0.15, 0.2) is 47.4 Å². The van der Waals surface area contributed by atoms with E-state index in [-0.39, 0.29) is 12.6 Å². The van der Waals surface area contributed by atoms with Crippen LogP contribution in [-0.2, 0) is 0 Å². The number of fused-ring (bicyclic) bond motifs is 1. The average Bonchev–Trinajstić information content (AvgIpc) is 3.06. The zero-order chi connectivity index (χ0) is 16.2. The van der Waals surface area contributed by atoms with Gasteiger partial charge in [0, 0.05) is 10.5 Å². The Morgan fingerprint density at radius 2 is 2.00 bits per heavy atom. The maximum Gasteiger partial charge on any atom is 0.231 e. The minimum absolute atomic E-state index is 0.0868. The molecule has 3 rings (SSSR count). The van der Waals surface area contributed by atoms with Gasteiger partial charge in [-0.15, -0.1) is 11.8 Å². The van der Waals surface area contributed by atoms with E-state index in [1.54, 1.807) is 49.2 Å². The Hall–Kier alpha value is -2.40. The van der Waals surface area contributed by atoms with Crippen molar-refractivity contribution >= 4 is 23.6 Å². The number of benzene rings is 2. The van der Waals surface area contributed by atoms with Crippen LogP contribution in [0.5, 0.6) is 17.2 Å². The third-order valence-corrected chi connectivity index (χ3v) is 4.27. The highest BCUT2D eigenvalue weighted by Gasteiger charge is 2.15. The molecule has 0 saturated heterocycles. The van der Waals surface area contributed by atoms with Crippen LogP contribution in [-0.4, -0.2) is 25.9 Å². The first-order chi connectivity index (χ1) is 11.2. The Kier molecular flexibility index (Phi) is 4.57. The number of methoxy groups -OCH3 is 1. The van der Waals surface area contributed by atoms with Crippen LogP contribution in [0.4, 0.5) is 0 Å². The summed E-state index contributed by atoms with van der Waals surface area (Å²) in [6.45, 7) is 0.199. The van der Waals surface area contributed by atoms with E-state index in [0.717, 1.165) is 16.2 Å². The zero-order valence-electron chi connectivity index (χ0n) is 12.9. The fraction of sp³-hybridized carbons (Fsp3) is 0.167. The fourth-order valence-electron chi connectivity index (χ4n) is 2.27. The van der Waals surface area contributed by atoms with Gasteiger partial charge in [-0.2, -0.15) is 0 Å². The molecule has 0 saturated carbocycles. The summed E-state index contributed by atoms with van der Waals surface area (Å²) in [5.74, 6) is 1.99. The molecule has 0 bridgehead atoms. The summed E-state index contributed by atoms with van der Waals surface area (Å²) in [5.41, 5.74) is 1.48. The van der Waals surface area contributed by atoms with E-state index in [0.29, 0.717) is 17.1 Å². The van der Waals surface area contributed by atoms with Crippen LogP contribution in [0, 0.1) is 0 Å². The molecule has 23 heavy (non-hydrogen) atoms. The van der Waals surface area contributed by atoms with Gasteiger partial charge in [0.15, 0.2) is 17.3 Å². The Morgan fingerprint density at radius 1 is 1.17 bits per heavy atom. The first-order valence-electron chi connectivity index (χ1n) is 7.05. The van der Waals surface area contributed by atoms with Crippen molar-refractivity contribution in [2.75, 3.05) is 20.2 Å². The molecule has 1 aliphatic rings. The highest BCUT2D eigenvalue weighted by Crippen LogP contribution is 2.33. The number of hydrogen-bond acceptors (Lipinski definition) is 5. The molecule has 0 aliphatic carbocycles. The first kappa shape index (κ1) is 15.5. The molecule has 1 heterocycles. The van der Waals surface area contributed by atoms with E-state index < -0.39 is 0 Å². The number of rotatable bonds is 5. The van der Waals surface area contributed by atoms with Gasteiger partial charge in [0.05, 0.1) is 7.11 Å². The van der Waals surface area contributed by atoms with Crippen LogP contribution in [0.1, 0.15) is 15.9 Å². The van der Waals surface area contributed by atoms with Crippen LogP contribution < -0.4 is 14.2 Å². The topological polar surface area (TPSA) is 44.8 Å². The summed E-state index contributed by atoms with van der Waals surface area (Å²) in [7, 11) is 1.64. The molecule has 0 radical (unpaired) electrons. The average molecular weight is 328 g/mol. The summed E-state index contributed by atoms with van der Waals surface area (Å²) >= 11 is 1.62. The fourth-order valence-corrected chi connectivity index (χ4v) is 2.82. The number of allylic oxidation sites excluding steroid dienone is 1. The van der Waals surface area contributed by atoms with Crippen LogP contribution >= 0.6 is 11.8 Å². The monoisotopic (exact) mass is 328 g/mol. The number of carbonyl (C=O) groups is 1. The Labute approximate surface area is 139 Å². The van der Waals surface area contributed by atoms with Crippen molar-refractivity contribution in [3.8, 4) is 17.2 Å². The van der Waals surface area contributed by atoms with Crippen LogP contribution in [0.3, 0.4) is 0 Å². The van der Waals surface area contributed by atoms with Crippen molar-refractivity contribution < 1.29 is 19.0 Å². The Balaban J connectivity index is 1.78. The lowest BCUT2D eigenvalue weighted by Crippen LogP contribution is -1.94. The maximum atomic E-state index is 12.3.